The molecule has 1 aromatic carbocycles. The number of hydrogen-bond acceptors (Lipinski definition) is 3. The molecule has 1 atom stereocenters. The number of phenolic OH excluding ortho intramolecular Hbond substituents is 1. The van der Waals surface area contributed by atoms with Crippen LogP contribution in [0, 0.1) is 0 Å². The number of hydrazone groups is 1. The molecule has 0 radical (unpaired) electrons. The van der Waals surface area contributed by atoms with Crippen molar-refractivity contribution in [1.29, 1.82) is 0 Å². The lowest BCUT2D eigenvalue weighted by molar-refractivity contribution is 0.475. The normalized spacial score (nSPS) is 13.2. The van der Waals surface area contributed by atoms with Gasteiger partial charge in [0.1, 0.15) is 5.75 Å². The zero-order valence-electron chi connectivity index (χ0n) is 9.71. The maximum atomic E-state index is 9.13. The first kappa shape index (κ1) is 13.2. The van der Waals surface area contributed by atoms with Gasteiger partial charge in [0, 0.05) is 13.9 Å². The maximum absolute atomic E-state index is 9.13. The number of benzene rings is 1. The summed E-state index contributed by atoms with van der Waals surface area (Å²) in [7, 11) is 1.91. The summed E-state index contributed by atoms with van der Waals surface area (Å²) in [6.45, 7) is 3.25. The molecule has 0 aliphatic rings. The van der Waals surface area contributed by atoms with Crippen molar-refractivity contribution < 1.29 is 5.11 Å². The third-order valence-corrected chi connectivity index (χ3v) is 6.03. The van der Waals surface area contributed by atoms with Gasteiger partial charge in [0.25, 0.3) is 0 Å². The summed E-state index contributed by atoms with van der Waals surface area (Å²) in [5, 5.41) is 13.4. The lowest BCUT2D eigenvalue weighted by Gasteiger charge is -2.18. The highest BCUT2D eigenvalue weighted by Gasteiger charge is 2.04. The molecule has 1 N–H and O–H groups in total. The third kappa shape index (κ3) is 3.95. The molecule has 0 spiro atoms. The monoisotopic (exact) mass is 256 g/mol. The van der Waals surface area contributed by atoms with Gasteiger partial charge in [0.05, 0.1) is 6.21 Å². The molecule has 0 aliphatic carbocycles. The second-order valence-electron chi connectivity index (χ2n) is 3.85. The van der Waals surface area contributed by atoms with Gasteiger partial charge in [-0.3, -0.25) is 4.78 Å². The molecule has 0 fully saturated rings. The van der Waals surface area contributed by atoms with E-state index in [1.807, 2.05) is 24.0 Å². The summed E-state index contributed by atoms with van der Waals surface area (Å²) in [6.07, 6.45) is 1.76. The van der Waals surface area contributed by atoms with Gasteiger partial charge in [-0.15, -0.1) is 0 Å². The van der Waals surface area contributed by atoms with Gasteiger partial charge in [-0.2, -0.15) is 5.10 Å². The van der Waals surface area contributed by atoms with Crippen molar-refractivity contribution in [2.24, 2.45) is 5.10 Å². The highest BCUT2D eigenvalue weighted by atomic mass is 32.4. The molecule has 1 unspecified atom stereocenters. The second kappa shape index (κ2) is 6.02. The number of phenols is 1. The van der Waals surface area contributed by atoms with Crippen LogP contribution in [0.2, 0.25) is 0 Å². The summed E-state index contributed by atoms with van der Waals surface area (Å²) in [6, 6.07) is 6.92. The summed E-state index contributed by atoms with van der Waals surface area (Å²) in [5.74, 6) is 0.265. The molecule has 0 saturated heterocycles. The molecule has 0 aromatic heterocycles. The van der Waals surface area contributed by atoms with Crippen molar-refractivity contribution in [3.05, 3.63) is 29.8 Å². The van der Waals surface area contributed by atoms with Crippen molar-refractivity contribution in [3.8, 4) is 5.75 Å². The van der Waals surface area contributed by atoms with Crippen LogP contribution in [0.15, 0.2) is 29.4 Å². The lowest BCUT2D eigenvalue weighted by atomic mass is 10.2. The quantitative estimate of drug-likeness (QED) is 0.511. The van der Waals surface area contributed by atoms with Crippen LogP contribution in [0.25, 0.3) is 0 Å². The highest BCUT2D eigenvalue weighted by molar-refractivity contribution is 8.04. The van der Waals surface area contributed by atoms with Crippen molar-refractivity contribution in [3.63, 3.8) is 0 Å². The zero-order chi connectivity index (χ0) is 12.1. The number of rotatable bonds is 4. The molecule has 0 saturated carbocycles. The van der Waals surface area contributed by atoms with E-state index in [4.69, 9.17) is 16.9 Å². The summed E-state index contributed by atoms with van der Waals surface area (Å²) >= 11 is 5.39. The Morgan fingerprint density at radius 3 is 2.44 bits per heavy atom. The molecule has 0 bridgehead atoms. The molecule has 0 amide bonds. The minimum absolute atomic E-state index is 0.265. The molecule has 1 aromatic rings. The predicted octanol–water partition coefficient (Wildman–Crippen LogP) is 2.66. The largest absolute Gasteiger partial charge is 0.508 e. The molecule has 5 heteroatoms. The van der Waals surface area contributed by atoms with Gasteiger partial charge in [-0.05, 0) is 35.5 Å². The van der Waals surface area contributed by atoms with E-state index in [-0.39, 0.29) is 5.75 Å². The zero-order valence-corrected chi connectivity index (χ0v) is 11.5. The standard InChI is InChI=1S/C11H17N2OPS/c1-9(2)15(16)13(3)12-8-10-4-6-11(14)7-5-10/h4-9,14-15H,1-3H3. The summed E-state index contributed by atoms with van der Waals surface area (Å²) < 4.78 is 1.87. The fourth-order valence-electron chi connectivity index (χ4n) is 1.14. The predicted molar refractivity (Wildman–Crippen MR) is 74.3 cm³/mol. The minimum Gasteiger partial charge on any atom is -0.508 e. The van der Waals surface area contributed by atoms with E-state index in [0.29, 0.717) is 5.66 Å². The number of hydrogen-bond donors (Lipinski definition) is 1. The maximum Gasteiger partial charge on any atom is 0.115 e. The van der Waals surface area contributed by atoms with Crippen molar-refractivity contribution >= 4 is 24.9 Å². The fourth-order valence-corrected chi connectivity index (χ4v) is 2.20. The topological polar surface area (TPSA) is 35.8 Å². The minimum atomic E-state index is -0.993. The van der Waals surface area contributed by atoms with Crippen LogP contribution in [-0.2, 0) is 11.8 Å². The molecule has 3 nitrogen and oxygen atoms in total. The van der Waals surface area contributed by atoms with E-state index in [0.717, 1.165) is 5.56 Å². The Kier molecular flexibility index (Phi) is 4.97. The van der Waals surface area contributed by atoms with Gasteiger partial charge in [-0.25, -0.2) is 0 Å². The van der Waals surface area contributed by atoms with Gasteiger partial charge >= 0.3 is 0 Å². The molecule has 16 heavy (non-hydrogen) atoms. The van der Waals surface area contributed by atoms with E-state index in [1.165, 1.54) is 0 Å². The van der Waals surface area contributed by atoms with Gasteiger partial charge in [0.2, 0.25) is 0 Å². The van der Waals surface area contributed by atoms with E-state index < -0.39 is 6.85 Å². The van der Waals surface area contributed by atoms with Crippen LogP contribution in [-0.4, -0.2) is 28.8 Å². The smallest absolute Gasteiger partial charge is 0.115 e. The average Bonchev–Trinajstić information content (AvgIpc) is 2.26. The number of aromatic hydroxyl groups is 1. The van der Waals surface area contributed by atoms with Crippen LogP contribution in [0.5, 0.6) is 5.75 Å². The Labute approximate surface area is 102 Å². The average molecular weight is 256 g/mol. The van der Waals surface area contributed by atoms with Gasteiger partial charge in [-0.1, -0.05) is 25.7 Å². The lowest BCUT2D eigenvalue weighted by Crippen LogP contribution is -2.05. The van der Waals surface area contributed by atoms with Crippen molar-refractivity contribution in [1.82, 2.24) is 4.78 Å². The Hall–Kier alpha value is -0.860. The molecule has 0 heterocycles. The first-order valence-electron chi connectivity index (χ1n) is 5.11. The third-order valence-electron chi connectivity index (χ3n) is 2.09. The SMILES string of the molecule is CC(C)[PH](=S)N(C)N=Cc1ccc(O)cc1. The van der Waals surface area contributed by atoms with E-state index in [2.05, 4.69) is 18.9 Å². The molecular formula is C11H17N2OPS. The van der Waals surface area contributed by atoms with Crippen LogP contribution >= 0.6 is 6.85 Å². The summed E-state index contributed by atoms with van der Waals surface area (Å²) in [5.41, 5.74) is 1.44. The Morgan fingerprint density at radius 2 is 1.94 bits per heavy atom. The van der Waals surface area contributed by atoms with Crippen LogP contribution < -0.4 is 0 Å². The van der Waals surface area contributed by atoms with E-state index in [1.54, 1.807) is 18.3 Å². The van der Waals surface area contributed by atoms with Crippen LogP contribution in [0.3, 0.4) is 0 Å². The first-order chi connectivity index (χ1) is 7.50. The fraction of sp³-hybridized carbons (Fsp3) is 0.364. The van der Waals surface area contributed by atoms with Crippen molar-refractivity contribution in [2.75, 3.05) is 7.05 Å². The molecule has 1 rings (SSSR count). The van der Waals surface area contributed by atoms with Gasteiger partial charge in [0.15, 0.2) is 0 Å². The molecule has 88 valence electrons. The summed E-state index contributed by atoms with van der Waals surface area (Å²) in [4.78, 5) is 0. The number of nitrogens with zero attached hydrogens (tertiary/aromatic N) is 2. The van der Waals surface area contributed by atoms with Crippen LogP contribution in [0.4, 0.5) is 0 Å². The second-order valence-corrected chi connectivity index (χ2v) is 7.59. The first-order valence-corrected chi connectivity index (χ1v) is 7.77. The van der Waals surface area contributed by atoms with Crippen molar-refractivity contribution in [2.45, 2.75) is 19.5 Å². The molecular weight excluding hydrogens is 239 g/mol. The Balaban J connectivity index is 2.66. The van der Waals surface area contributed by atoms with E-state index >= 15 is 0 Å². The van der Waals surface area contributed by atoms with Gasteiger partial charge < -0.3 is 5.11 Å². The highest BCUT2D eigenvalue weighted by Crippen LogP contribution is 2.31. The van der Waals surface area contributed by atoms with Crippen LogP contribution in [0.1, 0.15) is 19.4 Å². The molecule has 0 aliphatic heterocycles. The van der Waals surface area contributed by atoms with E-state index in [9.17, 15) is 0 Å². The Bertz CT molecular complexity index is 389. The Morgan fingerprint density at radius 1 is 1.38 bits per heavy atom.